The third-order valence-electron chi connectivity index (χ3n) is 0.923. The van der Waals surface area contributed by atoms with Gasteiger partial charge in [0.15, 0.2) is 8.32 Å². The lowest BCUT2D eigenvalue weighted by Crippen LogP contribution is -2.27. The lowest BCUT2D eigenvalue weighted by Gasteiger charge is -2.16. The minimum Gasteiger partial charge on any atom is -0.460 e. The summed E-state index contributed by atoms with van der Waals surface area (Å²) in [5.74, 6) is 0. The Balaban J connectivity index is 3.07. The molecule has 0 heterocycles. The summed E-state index contributed by atoms with van der Waals surface area (Å²) < 4.78 is 5.69. The zero-order chi connectivity index (χ0) is 7.33. The molecule has 1 radical (unpaired) electrons. The van der Waals surface area contributed by atoms with Crippen molar-refractivity contribution in [3.05, 3.63) is 6.04 Å². The van der Waals surface area contributed by atoms with Gasteiger partial charge in [-0.15, -0.1) is 0 Å². The summed E-state index contributed by atoms with van der Waals surface area (Å²) in [5, 5.41) is 0. The van der Waals surface area contributed by atoms with E-state index in [9.17, 15) is 0 Å². The number of hydrogen-bond acceptors (Lipinski definition) is 1. The van der Waals surface area contributed by atoms with E-state index in [0.717, 1.165) is 0 Å². The van der Waals surface area contributed by atoms with Gasteiger partial charge in [-0.1, -0.05) is 13.3 Å². The molecule has 0 unspecified atom stereocenters. The Morgan fingerprint density at radius 3 is 2.33 bits per heavy atom. The molecular weight excluding hydrogens is 144 g/mol. The second-order valence-electron chi connectivity index (χ2n) is 3.12. The van der Waals surface area contributed by atoms with E-state index in [1.807, 2.05) is 0 Å². The van der Waals surface area contributed by atoms with Crippen LogP contribution in [0.3, 0.4) is 0 Å². The van der Waals surface area contributed by atoms with Gasteiger partial charge in [0.2, 0.25) is 0 Å². The fraction of sp³-hybridized carbons (Fsp3) is 0.833. The highest BCUT2D eigenvalue weighted by molar-refractivity contribution is 6.74. The van der Waals surface area contributed by atoms with E-state index < -0.39 is 8.32 Å². The van der Waals surface area contributed by atoms with E-state index in [1.165, 1.54) is 6.42 Å². The van der Waals surface area contributed by atoms with E-state index in [4.69, 9.17) is 4.12 Å². The van der Waals surface area contributed by atoms with Gasteiger partial charge in [0.05, 0.1) is 0 Å². The molecule has 0 saturated heterocycles. The van der Waals surface area contributed by atoms with E-state index in [-0.39, 0.29) is 9.76 Å². The Hall–Kier alpha value is 0.394. The van der Waals surface area contributed by atoms with E-state index in [1.54, 1.807) is 0 Å². The number of rotatable bonds is 4. The summed E-state index contributed by atoms with van der Waals surface area (Å²) >= 11 is 0. The van der Waals surface area contributed by atoms with Gasteiger partial charge in [-0.3, -0.25) is 0 Å². The fourth-order valence-corrected chi connectivity index (χ4v) is 3.13. The summed E-state index contributed by atoms with van der Waals surface area (Å²) in [6, 6.07) is 2.30. The van der Waals surface area contributed by atoms with Crippen LogP contribution in [0.5, 0.6) is 0 Å². The molecule has 0 rings (SSSR count). The van der Waals surface area contributed by atoms with Crippen LogP contribution in [0.15, 0.2) is 0 Å². The molecule has 1 nitrogen and oxygen atoms in total. The fourth-order valence-electron chi connectivity index (χ4n) is 0.427. The molecular formula is C6H17OSi2. The quantitative estimate of drug-likeness (QED) is 0.448. The van der Waals surface area contributed by atoms with Crippen LogP contribution >= 0.6 is 0 Å². The molecule has 0 amide bonds. The van der Waals surface area contributed by atoms with Crippen LogP contribution in [-0.4, -0.2) is 18.1 Å². The Bertz CT molecular complexity index is 67.9. The Labute approximate surface area is 61.9 Å². The largest absolute Gasteiger partial charge is 0.460 e. The zero-order valence-corrected chi connectivity index (χ0v) is 9.31. The molecule has 0 aliphatic rings. The normalized spacial score (nSPS) is 13.3. The lowest BCUT2D eigenvalue weighted by atomic mass is 10.6. The Kier molecular flexibility index (Phi) is 4.43. The molecule has 0 saturated carbocycles. The molecule has 0 atom stereocenters. The van der Waals surface area contributed by atoms with Crippen LogP contribution in [0, 0.1) is 6.04 Å². The summed E-state index contributed by atoms with van der Waals surface area (Å²) in [7, 11) is -1.42. The first-order chi connectivity index (χ1) is 4.06. The Morgan fingerprint density at radius 1 is 1.44 bits per heavy atom. The average molecular weight is 161 g/mol. The van der Waals surface area contributed by atoms with Crippen LogP contribution in [0.1, 0.15) is 13.3 Å². The SMILES string of the molecule is CC[CH][SiH2]O[Si](C)(C)C. The topological polar surface area (TPSA) is 9.23 Å². The smallest absolute Gasteiger partial charge is 0.169 e. The van der Waals surface area contributed by atoms with Crippen LogP contribution in [-0.2, 0) is 4.12 Å². The molecule has 0 fully saturated rings. The molecule has 0 aliphatic heterocycles. The highest BCUT2D eigenvalue weighted by atomic mass is 28.4. The highest BCUT2D eigenvalue weighted by Crippen LogP contribution is 2.01. The van der Waals surface area contributed by atoms with Crippen molar-refractivity contribution in [2.24, 2.45) is 0 Å². The third kappa shape index (κ3) is 8.39. The molecule has 0 aromatic rings. The van der Waals surface area contributed by atoms with Crippen molar-refractivity contribution >= 4 is 18.1 Å². The third-order valence-corrected chi connectivity index (χ3v) is 5.87. The monoisotopic (exact) mass is 161 g/mol. The Morgan fingerprint density at radius 2 is 2.00 bits per heavy atom. The first-order valence-electron chi connectivity index (χ1n) is 3.52. The molecule has 0 spiro atoms. The predicted octanol–water partition coefficient (Wildman–Crippen LogP) is 1.49. The summed E-state index contributed by atoms with van der Waals surface area (Å²) in [4.78, 5) is 0. The molecule has 0 aliphatic carbocycles. The second kappa shape index (κ2) is 4.25. The van der Waals surface area contributed by atoms with Crippen molar-refractivity contribution in [1.29, 1.82) is 0 Å². The van der Waals surface area contributed by atoms with Gasteiger partial charge in [0.25, 0.3) is 0 Å². The molecule has 0 bridgehead atoms. The standard InChI is InChI=1S/C6H17OSi2/c1-5-6-8-7-9(2,3)4/h6H,5,8H2,1-4H3. The molecule has 0 aromatic heterocycles. The minimum atomic E-state index is -1.16. The van der Waals surface area contributed by atoms with Gasteiger partial charge in [-0.25, -0.2) is 0 Å². The first-order valence-corrected chi connectivity index (χ1v) is 8.32. The first kappa shape index (κ1) is 9.39. The number of hydrogen-bond donors (Lipinski definition) is 0. The maximum absolute atomic E-state index is 5.69. The average Bonchev–Trinajstić information content (AvgIpc) is 1.63. The van der Waals surface area contributed by atoms with Crippen LogP contribution in [0.25, 0.3) is 0 Å². The van der Waals surface area contributed by atoms with Crippen molar-refractivity contribution < 1.29 is 4.12 Å². The molecule has 9 heavy (non-hydrogen) atoms. The highest BCUT2D eigenvalue weighted by Gasteiger charge is 2.11. The van der Waals surface area contributed by atoms with Gasteiger partial charge < -0.3 is 4.12 Å². The van der Waals surface area contributed by atoms with Crippen molar-refractivity contribution in [3.8, 4) is 0 Å². The molecule has 0 aromatic carbocycles. The van der Waals surface area contributed by atoms with Crippen LogP contribution in [0.4, 0.5) is 0 Å². The minimum absolute atomic E-state index is 0.256. The maximum Gasteiger partial charge on any atom is 0.169 e. The molecule has 3 heteroatoms. The van der Waals surface area contributed by atoms with Gasteiger partial charge in [0.1, 0.15) is 9.76 Å². The van der Waals surface area contributed by atoms with E-state index in [0.29, 0.717) is 0 Å². The lowest BCUT2D eigenvalue weighted by molar-refractivity contribution is 0.601. The van der Waals surface area contributed by atoms with Gasteiger partial charge >= 0.3 is 0 Å². The van der Waals surface area contributed by atoms with Crippen molar-refractivity contribution in [2.45, 2.75) is 33.0 Å². The van der Waals surface area contributed by atoms with Crippen LogP contribution < -0.4 is 0 Å². The van der Waals surface area contributed by atoms with Crippen molar-refractivity contribution in [1.82, 2.24) is 0 Å². The predicted molar refractivity (Wildman–Crippen MR) is 47.6 cm³/mol. The second-order valence-corrected chi connectivity index (χ2v) is 9.41. The van der Waals surface area contributed by atoms with Gasteiger partial charge in [-0.05, 0) is 25.7 Å². The van der Waals surface area contributed by atoms with Crippen molar-refractivity contribution in [2.75, 3.05) is 0 Å². The summed E-state index contributed by atoms with van der Waals surface area (Å²) in [5.41, 5.74) is 0. The van der Waals surface area contributed by atoms with E-state index >= 15 is 0 Å². The zero-order valence-electron chi connectivity index (χ0n) is 6.90. The summed E-state index contributed by atoms with van der Waals surface area (Å²) in [6.45, 7) is 8.89. The van der Waals surface area contributed by atoms with E-state index in [2.05, 4.69) is 32.6 Å². The van der Waals surface area contributed by atoms with Crippen LogP contribution in [0.2, 0.25) is 19.6 Å². The summed E-state index contributed by atoms with van der Waals surface area (Å²) in [6.07, 6.45) is 1.18. The molecule has 55 valence electrons. The van der Waals surface area contributed by atoms with Crippen molar-refractivity contribution in [3.63, 3.8) is 0 Å². The van der Waals surface area contributed by atoms with Gasteiger partial charge in [-0.2, -0.15) is 0 Å². The van der Waals surface area contributed by atoms with Gasteiger partial charge in [0, 0.05) is 0 Å². The maximum atomic E-state index is 5.69. The molecule has 0 N–H and O–H groups in total.